The molecule has 0 radical (unpaired) electrons. The molecule has 4 heteroatoms. The van der Waals surface area contributed by atoms with Crippen LogP contribution in [-0.4, -0.2) is 36.8 Å². The number of nitrogens with zero attached hydrogens (tertiary/aromatic N) is 1. The number of benzene rings is 2. The van der Waals surface area contributed by atoms with E-state index in [-0.39, 0.29) is 12.6 Å². The molecule has 2 aromatic carbocycles. The van der Waals surface area contributed by atoms with E-state index < -0.39 is 0 Å². The van der Waals surface area contributed by atoms with Gasteiger partial charge in [-0.2, -0.15) is 0 Å². The summed E-state index contributed by atoms with van der Waals surface area (Å²) in [6.45, 7) is 3.37. The largest absolute Gasteiger partial charge is 0.457 e. The average Bonchev–Trinajstić information content (AvgIpc) is 2.58. The highest BCUT2D eigenvalue weighted by atomic mass is 16.5. The molecule has 4 nitrogen and oxygen atoms in total. The minimum atomic E-state index is 0.0973. The van der Waals surface area contributed by atoms with Crippen molar-refractivity contribution in [1.82, 2.24) is 4.90 Å². The zero-order valence-electron chi connectivity index (χ0n) is 13.9. The first-order valence-electron chi connectivity index (χ1n) is 8.05. The zero-order chi connectivity index (χ0) is 16.7. The second-order valence-electron chi connectivity index (χ2n) is 5.62. The van der Waals surface area contributed by atoms with Crippen molar-refractivity contribution in [2.75, 3.05) is 26.7 Å². The summed E-state index contributed by atoms with van der Waals surface area (Å²) in [6, 6.07) is 16.2. The second-order valence-corrected chi connectivity index (χ2v) is 5.62. The van der Waals surface area contributed by atoms with E-state index in [1.165, 1.54) is 5.56 Å². The Bertz CT molecular complexity index is 581. The molecule has 0 aliphatic carbocycles. The molecule has 0 spiro atoms. The SMILES string of the molecule is CCc1ccc(Oc2ccc(C(CN)N(C)CCO)cc2)cc1. The maximum absolute atomic E-state index is 9.07. The molecule has 0 bridgehead atoms. The third kappa shape index (κ3) is 4.79. The van der Waals surface area contributed by atoms with E-state index in [2.05, 4.69) is 24.0 Å². The predicted octanol–water partition coefficient (Wildman–Crippen LogP) is 2.97. The van der Waals surface area contributed by atoms with E-state index in [0.717, 1.165) is 23.5 Å². The van der Waals surface area contributed by atoms with Crippen LogP contribution in [0.15, 0.2) is 48.5 Å². The number of rotatable bonds is 8. The highest BCUT2D eigenvalue weighted by Gasteiger charge is 2.14. The Labute approximate surface area is 138 Å². The fourth-order valence-corrected chi connectivity index (χ4v) is 2.57. The fourth-order valence-electron chi connectivity index (χ4n) is 2.57. The van der Waals surface area contributed by atoms with E-state index in [1.807, 2.05) is 43.4 Å². The lowest BCUT2D eigenvalue weighted by atomic mass is 10.1. The minimum Gasteiger partial charge on any atom is -0.457 e. The van der Waals surface area contributed by atoms with Gasteiger partial charge in [0.2, 0.25) is 0 Å². The molecule has 1 atom stereocenters. The number of aryl methyl sites for hydroxylation is 1. The number of hydrogen-bond donors (Lipinski definition) is 2. The van der Waals surface area contributed by atoms with Crippen LogP contribution in [0.4, 0.5) is 0 Å². The molecule has 0 aromatic heterocycles. The summed E-state index contributed by atoms with van der Waals surface area (Å²) in [7, 11) is 1.97. The maximum atomic E-state index is 9.07. The molecule has 2 aromatic rings. The lowest BCUT2D eigenvalue weighted by Crippen LogP contribution is -2.32. The Hall–Kier alpha value is -1.88. The number of likely N-dealkylation sites (N-methyl/N-ethyl adjacent to an activating group) is 1. The summed E-state index contributed by atoms with van der Waals surface area (Å²) in [4.78, 5) is 2.05. The van der Waals surface area contributed by atoms with Gasteiger partial charge in [0.15, 0.2) is 0 Å². The molecule has 1 unspecified atom stereocenters. The Morgan fingerprint density at radius 2 is 1.61 bits per heavy atom. The van der Waals surface area contributed by atoms with Crippen LogP contribution in [0.2, 0.25) is 0 Å². The molecular weight excluding hydrogens is 288 g/mol. The summed E-state index contributed by atoms with van der Waals surface area (Å²) < 4.78 is 5.87. The molecule has 0 aliphatic rings. The molecule has 0 amide bonds. The van der Waals surface area contributed by atoms with Gasteiger partial charge in [0.05, 0.1) is 6.61 Å². The molecule has 0 saturated carbocycles. The van der Waals surface area contributed by atoms with E-state index in [4.69, 9.17) is 15.6 Å². The van der Waals surface area contributed by atoms with Crippen molar-refractivity contribution < 1.29 is 9.84 Å². The smallest absolute Gasteiger partial charge is 0.127 e. The lowest BCUT2D eigenvalue weighted by Gasteiger charge is -2.26. The van der Waals surface area contributed by atoms with Crippen molar-refractivity contribution in [3.63, 3.8) is 0 Å². The van der Waals surface area contributed by atoms with Crippen LogP contribution in [0.5, 0.6) is 11.5 Å². The number of aliphatic hydroxyl groups excluding tert-OH is 1. The normalized spacial score (nSPS) is 12.4. The third-order valence-electron chi connectivity index (χ3n) is 4.04. The van der Waals surface area contributed by atoms with Crippen molar-refractivity contribution in [3.05, 3.63) is 59.7 Å². The molecule has 0 fully saturated rings. The first-order valence-corrected chi connectivity index (χ1v) is 8.05. The molecular formula is C19H26N2O2. The summed E-state index contributed by atoms with van der Waals surface area (Å²) in [5.74, 6) is 1.64. The first-order chi connectivity index (χ1) is 11.2. The van der Waals surface area contributed by atoms with Crippen LogP contribution in [-0.2, 0) is 6.42 Å². The van der Waals surface area contributed by atoms with Gasteiger partial charge in [-0.05, 0) is 48.9 Å². The Kier molecular flexibility index (Phi) is 6.59. The highest BCUT2D eigenvalue weighted by Crippen LogP contribution is 2.25. The number of nitrogens with two attached hydrogens (primary N) is 1. The fraction of sp³-hybridized carbons (Fsp3) is 0.368. The molecule has 0 heterocycles. The van der Waals surface area contributed by atoms with Crippen LogP contribution in [0.25, 0.3) is 0 Å². The molecule has 2 rings (SSSR count). The van der Waals surface area contributed by atoms with Crippen LogP contribution in [0.3, 0.4) is 0 Å². The number of ether oxygens (including phenoxy) is 1. The van der Waals surface area contributed by atoms with Gasteiger partial charge in [-0.15, -0.1) is 0 Å². The Balaban J connectivity index is 2.05. The summed E-state index contributed by atoms with van der Waals surface area (Å²) >= 11 is 0. The van der Waals surface area contributed by atoms with Gasteiger partial charge in [-0.25, -0.2) is 0 Å². The van der Waals surface area contributed by atoms with Gasteiger partial charge in [-0.1, -0.05) is 31.2 Å². The summed E-state index contributed by atoms with van der Waals surface area (Å²) in [6.07, 6.45) is 1.02. The second kappa shape index (κ2) is 8.67. The standard InChI is InChI=1S/C19H26N2O2/c1-3-15-4-8-17(9-5-15)23-18-10-6-16(7-11-18)19(14-20)21(2)12-13-22/h4-11,19,22H,3,12-14,20H2,1-2H3. The molecule has 3 N–H and O–H groups in total. The van der Waals surface area contributed by atoms with E-state index >= 15 is 0 Å². The summed E-state index contributed by atoms with van der Waals surface area (Å²) in [5.41, 5.74) is 8.29. The number of hydrogen-bond acceptors (Lipinski definition) is 4. The Morgan fingerprint density at radius 1 is 1.04 bits per heavy atom. The topological polar surface area (TPSA) is 58.7 Å². The molecule has 124 valence electrons. The van der Waals surface area contributed by atoms with Gasteiger partial charge in [0.25, 0.3) is 0 Å². The van der Waals surface area contributed by atoms with Gasteiger partial charge < -0.3 is 15.6 Å². The van der Waals surface area contributed by atoms with Gasteiger partial charge in [0.1, 0.15) is 11.5 Å². The first kappa shape index (κ1) is 17.5. The van der Waals surface area contributed by atoms with Gasteiger partial charge in [-0.3, -0.25) is 4.90 Å². The van der Waals surface area contributed by atoms with E-state index in [1.54, 1.807) is 0 Å². The van der Waals surface area contributed by atoms with Crippen LogP contribution in [0.1, 0.15) is 24.1 Å². The summed E-state index contributed by atoms with van der Waals surface area (Å²) in [5, 5.41) is 9.07. The predicted molar refractivity (Wildman–Crippen MR) is 93.8 cm³/mol. The number of aliphatic hydroxyl groups is 1. The van der Waals surface area contributed by atoms with Crippen molar-refractivity contribution >= 4 is 0 Å². The lowest BCUT2D eigenvalue weighted by molar-refractivity contribution is 0.183. The van der Waals surface area contributed by atoms with Crippen molar-refractivity contribution in [3.8, 4) is 11.5 Å². The van der Waals surface area contributed by atoms with E-state index in [9.17, 15) is 0 Å². The maximum Gasteiger partial charge on any atom is 0.127 e. The van der Waals surface area contributed by atoms with Crippen molar-refractivity contribution in [2.45, 2.75) is 19.4 Å². The van der Waals surface area contributed by atoms with Crippen LogP contribution < -0.4 is 10.5 Å². The van der Waals surface area contributed by atoms with Gasteiger partial charge >= 0.3 is 0 Å². The molecule has 0 aliphatic heterocycles. The minimum absolute atomic E-state index is 0.0973. The third-order valence-corrected chi connectivity index (χ3v) is 4.04. The molecule has 23 heavy (non-hydrogen) atoms. The quantitative estimate of drug-likeness (QED) is 0.786. The van der Waals surface area contributed by atoms with Crippen LogP contribution >= 0.6 is 0 Å². The average molecular weight is 314 g/mol. The molecule has 0 saturated heterocycles. The van der Waals surface area contributed by atoms with Crippen molar-refractivity contribution in [1.29, 1.82) is 0 Å². The monoisotopic (exact) mass is 314 g/mol. The van der Waals surface area contributed by atoms with Gasteiger partial charge in [0, 0.05) is 19.1 Å². The Morgan fingerprint density at radius 3 is 2.09 bits per heavy atom. The van der Waals surface area contributed by atoms with Crippen molar-refractivity contribution in [2.24, 2.45) is 5.73 Å². The van der Waals surface area contributed by atoms with Crippen LogP contribution in [0, 0.1) is 0 Å². The van der Waals surface area contributed by atoms with E-state index in [0.29, 0.717) is 13.1 Å². The highest BCUT2D eigenvalue weighted by molar-refractivity contribution is 5.35. The zero-order valence-corrected chi connectivity index (χ0v) is 13.9.